The first-order valence-corrected chi connectivity index (χ1v) is 9.08. The average Bonchev–Trinajstić information content (AvgIpc) is 3.18. The summed E-state index contributed by atoms with van der Waals surface area (Å²) in [6, 6.07) is 17.5. The van der Waals surface area contributed by atoms with E-state index in [2.05, 4.69) is 22.1 Å². The van der Waals surface area contributed by atoms with E-state index in [-0.39, 0.29) is 0 Å². The summed E-state index contributed by atoms with van der Waals surface area (Å²) in [6.07, 6.45) is 1.72. The van der Waals surface area contributed by atoms with Crippen LogP contribution in [0.3, 0.4) is 0 Å². The number of ether oxygens (including phenoxy) is 2. The summed E-state index contributed by atoms with van der Waals surface area (Å²) in [4.78, 5) is 6.70. The molecule has 1 aromatic heterocycles. The highest BCUT2D eigenvalue weighted by Gasteiger charge is 2.08. The molecule has 0 aliphatic rings. The molecule has 3 rings (SSSR count). The predicted molar refractivity (Wildman–Crippen MR) is 104 cm³/mol. The Balaban J connectivity index is 1.34. The number of hydrogen-bond acceptors (Lipinski definition) is 6. The molecule has 0 spiro atoms. The van der Waals surface area contributed by atoms with Gasteiger partial charge in [-0.2, -0.15) is 4.98 Å². The highest BCUT2D eigenvalue weighted by Crippen LogP contribution is 2.17. The maximum Gasteiger partial charge on any atom is 0.227 e. The molecule has 6 nitrogen and oxygen atoms in total. The number of methoxy groups -OCH3 is 1. The second-order valence-corrected chi connectivity index (χ2v) is 6.31. The number of rotatable bonds is 10. The summed E-state index contributed by atoms with van der Waals surface area (Å²) < 4.78 is 16.2. The van der Waals surface area contributed by atoms with Crippen molar-refractivity contribution >= 4 is 0 Å². The lowest BCUT2D eigenvalue weighted by Gasteiger charge is -2.16. The topological polar surface area (TPSA) is 60.6 Å². The first-order chi connectivity index (χ1) is 13.2. The molecule has 0 amide bonds. The minimum atomic E-state index is 0.640. The zero-order valence-electron chi connectivity index (χ0n) is 15.8. The molecule has 6 heteroatoms. The highest BCUT2D eigenvalue weighted by molar-refractivity contribution is 5.53. The smallest absolute Gasteiger partial charge is 0.227 e. The van der Waals surface area contributed by atoms with Gasteiger partial charge in [0.25, 0.3) is 0 Å². The van der Waals surface area contributed by atoms with Crippen LogP contribution in [0.4, 0.5) is 0 Å². The third-order valence-electron chi connectivity index (χ3n) is 4.23. The van der Waals surface area contributed by atoms with E-state index in [1.165, 1.54) is 0 Å². The van der Waals surface area contributed by atoms with E-state index in [0.717, 1.165) is 43.0 Å². The normalized spacial score (nSPS) is 10.9. The van der Waals surface area contributed by atoms with Crippen LogP contribution in [0, 0.1) is 0 Å². The van der Waals surface area contributed by atoms with E-state index in [0.29, 0.717) is 18.3 Å². The van der Waals surface area contributed by atoms with Gasteiger partial charge in [0.2, 0.25) is 11.7 Å². The molecule has 0 unspecified atom stereocenters. The molecule has 0 atom stereocenters. The monoisotopic (exact) mass is 367 g/mol. The van der Waals surface area contributed by atoms with E-state index in [9.17, 15) is 0 Å². The van der Waals surface area contributed by atoms with Crippen molar-refractivity contribution in [2.75, 3.05) is 33.9 Å². The maximum absolute atomic E-state index is 5.75. The van der Waals surface area contributed by atoms with Crippen LogP contribution in [0.1, 0.15) is 12.3 Å². The Kier molecular flexibility index (Phi) is 6.82. The summed E-state index contributed by atoms with van der Waals surface area (Å²) >= 11 is 0. The highest BCUT2D eigenvalue weighted by atomic mass is 16.5. The van der Waals surface area contributed by atoms with Crippen LogP contribution >= 0.6 is 0 Å². The van der Waals surface area contributed by atoms with E-state index < -0.39 is 0 Å². The summed E-state index contributed by atoms with van der Waals surface area (Å²) in [5.41, 5.74) is 0.972. The maximum atomic E-state index is 5.75. The predicted octanol–water partition coefficient (Wildman–Crippen LogP) is 3.69. The number of hydrogen-bond donors (Lipinski definition) is 0. The molecule has 0 aliphatic heterocycles. The Morgan fingerprint density at radius 3 is 2.44 bits per heavy atom. The minimum Gasteiger partial charge on any atom is -0.497 e. The van der Waals surface area contributed by atoms with Gasteiger partial charge < -0.3 is 18.9 Å². The number of aryl methyl sites for hydroxylation is 1. The molecule has 3 aromatic rings. The molecule has 0 bridgehead atoms. The van der Waals surface area contributed by atoms with Crippen molar-refractivity contribution < 1.29 is 14.0 Å². The van der Waals surface area contributed by atoms with Crippen LogP contribution in [0.2, 0.25) is 0 Å². The Labute approximate surface area is 159 Å². The van der Waals surface area contributed by atoms with Gasteiger partial charge in [0.1, 0.15) is 18.1 Å². The molecule has 2 aromatic carbocycles. The SMILES string of the molecule is COc1ccc(OCCN(C)CCCc2nc(-c3ccccc3)no2)cc1. The van der Waals surface area contributed by atoms with Gasteiger partial charge >= 0.3 is 0 Å². The number of aromatic nitrogens is 2. The molecule has 0 fully saturated rings. The van der Waals surface area contributed by atoms with Gasteiger partial charge in [-0.25, -0.2) is 0 Å². The number of nitrogens with zero attached hydrogens (tertiary/aromatic N) is 3. The first kappa shape index (κ1) is 18.9. The van der Waals surface area contributed by atoms with Crippen molar-refractivity contribution in [2.24, 2.45) is 0 Å². The van der Waals surface area contributed by atoms with Crippen molar-refractivity contribution in [3.8, 4) is 22.9 Å². The van der Waals surface area contributed by atoms with Gasteiger partial charge in [-0.05, 0) is 44.3 Å². The van der Waals surface area contributed by atoms with Crippen LogP contribution < -0.4 is 9.47 Å². The molecule has 0 aliphatic carbocycles. The van der Waals surface area contributed by atoms with Crippen molar-refractivity contribution in [2.45, 2.75) is 12.8 Å². The van der Waals surface area contributed by atoms with Gasteiger partial charge in [0.05, 0.1) is 7.11 Å². The van der Waals surface area contributed by atoms with Crippen molar-refractivity contribution in [3.63, 3.8) is 0 Å². The summed E-state index contributed by atoms with van der Waals surface area (Å²) in [7, 11) is 3.74. The lowest BCUT2D eigenvalue weighted by molar-refractivity contribution is 0.234. The molecule has 0 N–H and O–H groups in total. The third kappa shape index (κ3) is 5.82. The second-order valence-electron chi connectivity index (χ2n) is 6.31. The van der Waals surface area contributed by atoms with Crippen LogP contribution in [0.25, 0.3) is 11.4 Å². The first-order valence-electron chi connectivity index (χ1n) is 9.08. The fourth-order valence-corrected chi connectivity index (χ4v) is 2.66. The second kappa shape index (κ2) is 9.73. The number of benzene rings is 2. The van der Waals surface area contributed by atoms with Gasteiger partial charge in [0.15, 0.2) is 0 Å². The quantitative estimate of drug-likeness (QED) is 0.545. The average molecular weight is 367 g/mol. The van der Waals surface area contributed by atoms with Gasteiger partial charge in [0, 0.05) is 18.5 Å². The fourth-order valence-electron chi connectivity index (χ4n) is 2.66. The zero-order chi connectivity index (χ0) is 18.9. The Morgan fingerprint density at radius 1 is 0.963 bits per heavy atom. The van der Waals surface area contributed by atoms with Crippen LogP contribution in [0.5, 0.6) is 11.5 Å². The Hall–Kier alpha value is -2.86. The van der Waals surface area contributed by atoms with Crippen molar-refractivity contribution in [1.29, 1.82) is 0 Å². The van der Waals surface area contributed by atoms with Crippen molar-refractivity contribution in [1.82, 2.24) is 15.0 Å². The van der Waals surface area contributed by atoms with E-state index in [4.69, 9.17) is 14.0 Å². The molecule has 0 saturated heterocycles. The molecule has 0 radical (unpaired) electrons. The van der Waals surface area contributed by atoms with E-state index in [1.807, 2.05) is 54.6 Å². The molecule has 142 valence electrons. The molecule has 27 heavy (non-hydrogen) atoms. The molecular formula is C21H25N3O3. The van der Waals surface area contributed by atoms with Gasteiger partial charge in [-0.15, -0.1) is 0 Å². The Morgan fingerprint density at radius 2 is 1.70 bits per heavy atom. The lowest BCUT2D eigenvalue weighted by Crippen LogP contribution is -2.25. The van der Waals surface area contributed by atoms with Crippen molar-refractivity contribution in [3.05, 3.63) is 60.5 Å². The fraction of sp³-hybridized carbons (Fsp3) is 0.333. The lowest BCUT2D eigenvalue weighted by atomic mass is 10.2. The van der Waals surface area contributed by atoms with Crippen LogP contribution in [-0.2, 0) is 6.42 Å². The largest absolute Gasteiger partial charge is 0.497 e. The Bertz CT molecular complexity index is 803. The number of likely N-dealkylation sites (N-methyl/N-ethyl adjacent to an activating group) is 1. The summed E-state index contributed by atoms with van der Waals surface area (Å²) in [5, 5.41) is 4.05. The summed E-state index contributed by atoms with van der Waals surface area (Å²) in [6.45, 7) is 2.43. The van der Waals surface area contributed by atoms with Crippen LogP contribution in [-0.4, -0.2) is 48.9 Å². The minimum absolute atomic E-state index is 0.640. The van der Waals surface area contributed by atoms with E-state index >= 15 is 0 Å². The summed E-state index contributed by atoms with van der Waals surface area (Å²) in [5.74, 6) is 3.00. The molecular weight excluding hydrogens is 342 g/mol. The van der Waals surface area contributed by atoms with Crippen LogP contribution in [0.15, 0.2) is 59.1 Å². The standard InChI is InChI=1S/C21H25N3O3/c1-24(15-16-26-19-12-10-18(25-2)11-13-19)14-6-9-20-22-21(23-27-20)17-7-4-3-5-8-17/h3-5,7-8,10-13H,6,9,14-16H2,1-2H3. The van der Waals surface area contributed by atoms with E-state index in [1.54, 1.807) is 7.11 Å². The molecule has 1 heterocycles. The van der Waals surface area contributed by atoms with Gasteiger partial charge in [-0.3, -0.25) is 0 Å². The third-order valence-corrected chi connectivity index (χ3v) is 4.23. The molecule has 0 saturated carbocycles. The van der Waals surface area contributed by atoms with Gasteiger partial charge in [-0.1, -0.05) is 35.5 Å². The zero-order valence-corrected chi connectivity index (χ0v) is 15.8.